The average Bonchev–Trinajstić information content (AvgIpc) is 2.14. The van der Waals surface area contributed by atoms with Crippen LogP contribution in [0.25, 0.3) is 0 Å². The lowest BCUT2D eigenvalue weighted by atomic mass is 10.1. The van der Waals surface area contributed by atoms with Crippen molar-refractivity contribution in [2.75, 3.05) is 7.11 Å². The summed E-state index contributed by atoms with van der Waals surface area (Å²) in [7, 11) is 1.40. The van der Waals surface area contributed by atoms with E-state index in [0.717, 1.165) is 13.6 Å². The van der Waals surface area contributed by atoms with Gasteiger partial charge < -0.3 is 4.74 Å². The molecule has 2 nitrogen and oxygen atoms in total. The Morgan fingerprint density at radius 2 is 2.21 bits per heavy atom. The van der Waals surface area contributed by atoms with Gasteiger partial charge in [0, 0.05) is 8.04 Å². The van der Waals surface area contributed by atoms with Gasteiger partial charge in [-0.05, 0) is 52.8 Å². The van der Waals surface area contributed by atoms with Gasteiger partial charge in [0.2, 0.25) is 0 Å². The number of rotatable bonds is 2. The van der Waals surface area contributed by atoms with Gasteiger partial charge in [-0.2, -0.15) is 0 Å². The van der Waals surface area contributed by atoms with Crippen LogP contribution in [0.2, 0.25) is 0 Å². The molecule has 0 atom stereocenters. The Hall–Kier alpha value is -0.100. The molecule has 0 N–H and O–H groups in total. The summed E-state index contributed by atoms with van der Waals surface area (Å²) in [4.78, 5) is 11.0. The van der Waals surface area contributed by atoms with Crippen LogP contribution in [-0.2, 0) is 16.0 Å². The fourth-order valence-corrected chi connectivity index (χ4v) is 2.61. The molecule has 1 aromatic carbocycles. The van der Waals surface area contributed by atoms with Gasteiger partial charge in [0.25, 0.3) is 0 Å². The molecule has 0 fully saturated rings. The molecule has 0 saturated carbocycles. The molecule has 0 bridgehead atoms. The maximum atomic E-state index is 11.0. The summed E-state index contributed by atoms with van der Waals surface area (Å²) in [6, 6.07) is 3.95. The smallest absolute Gasteiger partial charge is 0.309 e. The van der Waals surface area contributed by atoms with Crippen LogP contribution in [0.5, 0.6) is 0 Å². The van der Waals surface area contributed by atoms with Crippen LogP contribution in [0, 0.1) is 10.5 Å². The monoisotopic (exact) mass is 368 g/mol. The van der Waals surface area contributed by atoms with Crippen LogP contribution in [0.4, 0.5) is 0 Å². The van der Waals surface area contributed by atoms with Crippen molar-refractivity contribution in [1.29, 1.82) is 0 Å². The highest BCUT2D eigenvalue weighted by Crippen LogP contribution is 2.23. The zero-order valence-electron chi connectivity index (χ0n) is 7.93. The van der Waals surface area contributed by atoms with Crippen LogP contribution in [0.3, 0.4) is 0 Å². The van der Waals surface area contributed by atoms with Crippen molar-refractivity contribution in [2.45, 2.75) is 13.3 Å². The molecule has 0 spiro atoms. The second-order valence-corrected chi connectivity index (χ2v) is 4.95. The van der Waals surface area contributed by atoms with Crippen molar-refractivity contribution in [3.63, 3.8) is 0 Å². The van der Waals surface area contributed by atoms with Crippen LogP contribution in [0.15, 0.2) is 16.6 Å². The molecule has 1 aromatic rings. The van der Waals surface area contributed by atoms with E-state index in [0.29, 0.717) is 6.42 Å². The predicted octanol–water partition coefficient (Wildman–Crippen LogP) is 3.08. The van der Waals surface area contributed by atoms with E-state index in [9.17, 15) is 4.79 Å². The number of ether oxygens (including phenoxy) is 1. The molecule has 0 heterocycles. The molecule has 0 saturated heterocycles. The standard InChI is InChI=1S/C10H10BrIO2/c1-6-8(11)3-7(4-9(6)12)5-10(13)14-2/h3-4H,5H2,1-2H3. The second-order valence-electron chi connectivity index (χ2n) is 2.94. The molecule has 0 aliphatic carbocycles. The maximum absolute atomic E-state index is 11.0. The van der Waals surface area contributed by atoms with E-state index in [2.05, 4.69) is 43.3 Å². The van der Waals surface area contributed by atoms with Gasteiger partial charge in [-0.1, -0.05) is 15.9 Å². The van der Waals surface area contributed by atoms with E-state index < -0.39 is 0 Å². The van der Waals surface area contributed by atoms with Crippen molar-refractivity contribution >= 4 is 44.5 Å². The SMILES string of the molecule is COC(=O)Cc1cc(Br)c(C)c(I)c1. The van der Waals surface area contributed by atoms with Gasteiger partial charge in [-0.25, -0.2) is 0 Å². The summed E-state index contributed by atoms with van der Waals surface area (Å²) in [6.45, 7) is 2.04. The third-order valence-corrected chi connectivity index (χ3v) is 3.86. The number of methoxy groups -OCH3 is 1. The second kappa shape index (κ2) is 5.11. The van der Waals surface area contributed by atoms with Crippen LogP contribution in [-0.4, -0.2) is 13.1 Å². The molecule has 1 rings (SSSR count). The van der Waals surface area contributed by atoms with Crippen LogP contribution >= 0.6 is 38.5 Å². The highest BCUT2D eigenvalue weighted by molar-refractivity contribution is 14.1. The first-order valence-electron chi connectivity index (χ1n) is 4.06. The third kappa shape index (κ3) is 2.95. The van der Waals surface area contributed by atoms with Crippen LogP contribution in [0.1, 0.15) is 11.1 Å². The van der Waals surface area contributed by atoms with Crippen molar-refractivity contribution in [3.8, 4) is 0 Å². The predicted molar refractivity (Wildman–Crippen MR) is 67.3 cm³/mol. The normalized spacial score (nSPS) is 10.0. The number of halogens is 2. The number of hydrogen-bond donors (Lipinski definition) is 0. The van der Waals surface area contributed by atoms with Gasteiger partial charge in [0.15, 0.2) is 0 Å². The quantitative estimate of drug-likeness (QED) is 0.592. The Bertz CT molecular complexity index is 340. The highest BCUT2D eigenvalue weighted by Gasteiger charge is 2.07. The minimum absolute atomic E-state index is 0.212. The molecule has 0 amide bonds. The minimum atomic E-state index is -0.212. The maximum Gasteiger partial charge on any atom is 0.309 e. The van der Waals surface area contributed by atoms with E-state index in [1.165, 1.54) is 12.7 Å². The summed E-state index contributed by atoms with van der Waals surface area (Å²) in [6.07, 6.45) is 0.325. The summed E-state index contributed by atoms with van der Waals surface area (Å²) in [5.41, 5.74) is 2.16. The lowest BCUT2D eigenvalue weighted by Crippen LogP contribution is -2.05. The Morgan fingerprint density at radius 3 is 2.71 bits per heavy atom. The fraction of sp³-hybridized carbons (Fsp3) is 0.300. The topological polar surface area (TPSA) is 26.3 Å². The Kier molecular flexibility index (Phi) is 4.37. The minimum Gasteiger partial charge on any atom is -0.469 e. The van der Waals surface area contributed by atoms with Crippen molar-refractivity contribution in [3.05, 3.63) is 31.3 Å². The molecular weight excluding hydrogens is 359 g/mol. The molecule has 0 aromatic heterocycles. The summed E-state index contributed by atoms with van der Waals surface area (Å²) in [5, 5.41) is 0. The lowest BCUT2D eigenvalue weighted by Gasteiger charge is -2.05. The van der Waals surface area contributed by atoms with Crippen molar-refractivity contribution < 1.29 is 9.53 Å². The number of carbonyl (C=O) groups excluding carboxylic acids is 1. The van der Waals surface area contributed by atoms with Crippen LogP contribution < -0.4 is 0 Å². The summed E-state index contributed by atoms with van der Waals surface area (Å²) >= 11 is 5.70. The fourth-order valence-electron chi connectivity index (χ4n) is 1.04. The molecule has 0 unspecified atom stereocenters. The summed E-state index contributed by atoms with van der Waals surface area (Å²) in [5.74, 6) is -0.212. The van der Waals surface area contributed by atoms with E-state index in [4.69, 9.17) is 0 Å². The summed E-state index contributed by atoms with van der Waals surface area (Å²) < 4.78 is 6.79. The molecule has 76 valence electrons. The van der Waals surface area contributed by atoms with Gasteiger partial charge >= 0.3 is 5.97 Å². The molecule has 0 radical (unpaired) electrons. The Labute approximate surface area is 105 Å². The van der Waals surface area contributed by atoms with E-state index in [1.807, 2.05) is 19.1 Å². The molecule has 14 heavy (non-hydrogen) atoms. The van der Waals surface area contributed by atoms with E-state index >= 15 is 0 Å². The average molecular weight is 369 g/mol. The van der Waals surface area contributed by atoms with E-state index in [1.54, 1.807) is 0 Å². The third-order valence-electron chi connectivity index (χ3n) is 1.92. The molecule has 4 heteroatoms. The number of esters is 1. The molecule has 0 aliphatic rings. The zero-order chi connectivity index (χ0) is 10.7. The van der Waals surface area contributed by atoms with Gasteiger partial charge in [-0.3, -0.25) is 4.79 Å². The Morgan fingerprint density at radius 1 is 1.57 bits per heavy atom. The molecular formula is C10H10BrIO2. The van der Waals surface area contributed by atoms with Crippen molar-refractivity contribution in [1.82, 2.24) is 0 Å². The largest absolute Gasteiger partial charge is 0.469 e. The number of hydrogen-bond acceptors (Lipinski definition) is 2. The highest BCUT2D eigenvalue weighted by atomic mass is 127. The number of benzene rings is 1. The lowest BCUT2D eigenvalue weighted by molar-refractivity contribution is -0.139. The zero-order valence-corrected chi connectivity index (χ0v) is 11.7. The number of carbonyl (C=O) groups is 1. The van der Waals surface area contributed by atoms with Gasteiger partial charge in [-0.15, -0.1) is 0 Å². The Balaban J connectivity index is 2.95. The van der Waals surface area contributed by atoms with Gasteiger partial charge in [0.05, 0.1) is 13.5 Å². The first-order chi connectivity index (χ1) is 6.54. The van der Waals surface area contributed by atoms with Gasteiger partial charge in [0.1, 0.15) is 0 Å². The first kappa shape index (κ1) is 12.0. The molecule has 0 aliphatic heterocycles. The van der Waals surface area contributed by atoms with E-state index in [-0.39, 0.29) is 5.97 Å². The first-order valence-corrected chi connectivity index (χ1v) is 5.93. The van der Waals surface area contributed by atoms with Crippen molar-refractivity contribution in [2.24, 2.45) is 0 Å².